The van der Waals surface area contributed by atoms with Crippen molar-refractivity contribution in [2.75, 3.05) is 24.6 Å². The average Bonchev–Trinajstić information content (AvgIpc) is 2.69. The predicted molar refractivity (Wildman–Crippen MR) is 114 cm³/mol. The molecular formula is C23H23F6NO3S. The van der Waals surface area contributed by atoms with Gasteiger partial charge >= 0.3 is 12.4 Å². The van der Waals surface area contributed by atoms with Crippen molar-refractivity contribution >= 4 is 9.84 Å². The lowest BCUT2D eigenvalue weighted by Gasteiger charge is -2.55. The number of alkyl halides is 6. The van der Waals surface area contributed by atoms with Gasteiger partial charge in [-0.15, -0.1) is 0 Å². The summed E-state index contributed by atoms with van der Waals surface area (Å²) in [6, 6.07) is 9.13. The Labute approximate surface area is 193 Å². The molecule has 4 rings (SSSR count). The quantitative estimate of drug-likeness (QED) is 0.608. The molecule has 2 fully saturated rings. The number of rotatable bonds is 5. The number of aryl methyl sites for hydroxylation is 1. The number of likely N-dealkylation sites (tertiary alicyclic amines) is 1. The zero-order chi connectivity index (χ0) is 25.2. The molecule has 0 aromatic heterocycles. The van der Waals surface area contributed by atoms with Crippen LogP contribution in [0.4, 0.5) is 26.3 Å². The Morgan fingerprint density at radius 1 is 0.941 bits per heavy atom. The van der Waals surface area contributed by atoms with Crippen LogP contribution in [0.5, 0.6) is 0 Å². The van der Waals surface area contributed by atoms with Crippen LogP contribution in [0.2, 0.25) is 0 Å². The lowest BCUT2D eigenvalue weighted by molar-refractivity contribution is -0.376. The highest BCUT2D eigenvalue weighted by molar-refractivity contribution is 7.92. The molecular weight excluding hydrogens is 484 g/mol. The first kappa shape index (κ1) is 25.0. The van der Waals surface area contributed by atoms with E-state index >= 15 is 0 Å². The van der Waals surface area contributed by atoms with E-state index in [0.29, 0.717) is 49.3 Å². The van der Waals surface area contributed by atoms with Crippen molar-refractivity contribution in [1.29, 1.82) is 0 Å². The Morgan fingerprint density at radius 2 is 1.50 bits per heavy atom. The highest BCUT2D eigenvalue weighted by Crippen LogP contribution is 2.50. The van der Waals surface area contributed by atoms with Gasteiger partial charge in [0.25, 0.3) is 5.60 Å². The normalized spacial score (nSPS) is 20.1. The van der Waals surface area contributed by atoms with Gasteiger partial charge in [-0.2, -0.15) is 26.3 Å². The average molecular weight is 507 g/mol. The van der Waals surface area contributed by atoms with Crippen LogP contribution in [-0.4, -0.2) is 55.4 Å². The first-order chi connectivity index (χ1) is 15.6. The highest BCUT2D eigenvalue weighted by Gasteiger charge is 2.71. The molecule has 34 heavy (non-hydrogen) atoms. The van der Waals surface area contributed by atoms with Gasteiger partial charge in [-0.1, -0.05) is 49.4 Å². The molecule has 0 radical (unpaired) electrons. The first-order valence-corrected chi connectivity index (χ1v) is 12.4. The molecule has 2 saturated heterocycles. The molecule has 4 nitrogen and oxygen atoms in total. The zero-order valence-corrected chi connectivity index (χ0v) is 19.0. The third kappa shape index (κ3) is 4.22. The first-order valence-electron chi connectivity index (χ1n) is 10.6. The number of benzene rings is 2. The Kier molecular flexibility index (Phi) is 5.85. The van der Waals surface area contributed by atoms with Gasteiger partial charge in [0.1, 0.15) is 0 Å². The van der Waals surface area contributed by atoms with E-state index in [2.05, 4.69) is 4.90 Å². The fraction of sp³-hybridized carbons (Fsp3) is 0.478. The molecule has 0 atom stereocenters. The third-order valence-electron chi connectivity index (χ3n) is 6.56. The summed E-state index contributed by atoms with van der Waals surface area (Å²) >= 11 is 0. The van der Waals surface area contributed by atoms with E-state index in [1.54, 1.807) is 6.07 Å². The number of sulfone groups is 1. The van der Waals surface area contributed by atoms with Crippen LogP contribution in [0.3, 0.4) is 0 Å². The van der Waals surface area contributed by atoms with Gasteiger partial charge in [-0.05, 0) is 28.7 Å². The van der Waals surface area contributed by atoms with Crippen LogP contribution in [0, 0.1) is 5.41 Å². The van der Waals surface area contributed by atoms with E-state index in [1.165, 1.54) is 0 Å². The summed E-state index contributed by atoms with van der Waals surface area (Å²) < 4.78 is 102. The van der Waals surface area contributed by atoms with Crippen LogP contribution >= 0.6 is 0 Å². The Balaban J connectivity index is 1.52. The monoisotopic (exact) mass is 507 g/mol. The maximum absolute atomic E-state index is 13.1. The topological polar surface area (TPSA) is 57.6 Å². The van der Waals surface area contributed by atoms with Gasteiger partial charge in [0.15, 0.2) is 9.84 Å². The Bertz CT molecular complexity index is 1150. The van der Waals surface area contributed by atoms with Crippen molar-refractivity contribution in [1.82, 2.24) is 4.90 Å². The molecule has 2 heterocycles. The largest absolute Gasteiger partial charge is 0.430 e. The van der Waals surface area contributed by atoms with Crippen LogP contribution in [0.15, 0.2) is 42.5 Å². The van der Waals surface area contributed by atoms with Crippen molar-refractivity contribution in [3.63, 3.8) is 0 Å². The summed E-state index contributed by atoms with van der Waals surface area (Å²) in [4.78, 5) is 2.15. The predicted octanol–water partition coefficient (Wildman–Crippen LogP) is 4.46. The number of hydrogen-bond acceptors (Lipinski definition) is 4. The van der Waals surface area contributed by atoms with Crippen molar-refractivity contribution in [2.45, 2.75) is 37.8 Å². The summed E-state index contributed by atoms with van der Waals surface area (Å²) in [5, 5.41) is 9.57. The van der Waals surface area contributed by atoms with E-state index < -0.39 is 33.4 Å². The second-order valence-corrected chi connectivity index (χ2v) is 11.4. The molecule has 0 aliphatic carbocycles. The number of nitrogens with zero attached hydrogens (tertiary/aromatic N) is 1. The summed E-state index contributed by atoms with van der Waals surface area (Å²) in [7, 11) is -2.89. The molecule has 1 N–H and O–H groups in total. The van der Waals surface area contributed by atoms with Crippen LogP contribution in [0.1, 0.15) is 23.6 Å². The van der Waals surface area contributed by atoms with Gasteiger partial charge in [0.2, 0.25) is 0 Å². The fourth-order valence-corrected chi connectivity index (χ4v) is 7.19. The molecule has 0 saturated carbocycles. The van der Waals surface area contributed by atoms with E-state index in [1.807, 2.05) is 19.1 Å². The molecule has 11 heteroatoms. The molecule has 2 aliphatic heterocycles. The SMILES string of the molecule is CCc1cc(CN2CC3(C2)CS(=O)(=O)C3)ccc1-c1ccc(C(O)(C(F)(F)F)C(F)(F)F)cc1. The van der Waals surface area contributed by atoms with Gasteiger partial charge in [-0.3, -0.25) is 4.90 Å². The number of aliphatic hydroxyl groups is 1. The van der Waals surface area contributed by atoms with E-state index in [9.17, 15) is 39.9 Å². The second kappa shape index (κ2) is 7.96. The van der Waals surface area contributed by atoms with Gasteiger partial charge in [0.05, 0.1) is 11.5 Å². The Hall–Kier alpha value is -2.11. The smallest absolute Gasteiger partial charge is 0.369 e. The van der Waals surface area contributed by atoms with E-state index in [-0.39, 0.29) is 16.9 Å². The van der Waals surface area contributed by atoms with Crippen molar-refractivity contribution in [3.8, 4) is 11.1 Å². The van der Waals surface area contributed by atoms with Gasteiger partial charge in [-0.25, -0.2) is 8.42 Å². The van der Waals surface area contributed by atoms with E-state index in [0.717, 1.165) is 23.3 Å². The molecule has 0 bridgehead atoms. The zero-order valence-electron chi connectivity index (χ0n) is 18.2. The van der Waals surface area contributed by atoms with Crippen molar-refractivity contribution < 1.29 is 39.9 Å². The Morgan fingerprint density at radius 3 is 1.97 bits per heavy atom. The lowest BCUT2D eigenvalue weighted by Crippen LogP contribution is -2.67. The minimum absolute atomic E-state index is 0.122. The van der Waals surface area contributed by atoms with Crippen LogP contribution < -0.4 is 0 Å². The number of hydrogen-bond donors (Lipinski definition) is 1. The number of halogens is 6. The molecule has 0 amide bonds. The summed E-state index contributed by atoms with van der Waals surface area (Å²) in [6.45, 7) is 3.93. The van der Waals surface area contributed by atoms with Gasteiger partial charge < -0.3 is 5.11 Å². The van der Waals surface area contributed by atoms with Crippen LogP contribution in [0.25, 0.3) is 11.1 Å². The fourth-order valence-electron chi connectivity index (χ4n) is 5.04. The molecule has 0 unspecified atom stereocenters. The van der Waals surface area contributed by atoms with Crippen molar-refractivity contribution in [3.05, 3.63) is 59.2 Å². The minimum atomic E-state index is -5.93. The molecule has 2 aromatic carbocycles. The summed E-state index contributed by atoms with van der Waals surface area (Å²) in [5.74, 6) is 0.451. The molecule has 1 spiro atoms. The van der Waals surface area contributed by atoms with Crippen LogP contribution in [-0.2, 0) is 28.4 Å². The highest BCUT2D eigenvalue weighted by atomic mass is 32.2. The molecule has 2 aromatic rings. The lowest BCUT2D eigenvalue weighted by atomic mass is 9.82. The molecule has 2 aliphatic rings. The van der Waals surface area contributed by atoms with Crippen molar-refractivity contribution in [2.24, 2.45) is 5.41 Å². The van der Waals surface area contributed by atoms with Gasteiger partial charge in [0, 0.05) is 30.6 Å². The third-order valence-corrected chi connectivity index (χ3v) is 8.67. The van der Waals surface area contributed by atoms with E-state index in [4.69, 9.17) is 0 Å². The molecule has 186 valence electrons. The maximum Gasteiger partial charge on any atom is 0.430 e. The minimum Gasteiger partial charge on any atom is -0.369 e. The summed E-state index contributed by atoms with van der Waals surface area (Å²) in [6.07, 6.45) is -11.3. The maximum atomic E-state index is 13.1. The standard InChI is InChI=1S/C23H23F6NO3S/c1-2-16-9-15(10-30-11-20(12-30)13-34(32,33)14-20)3-8-19(16)17-4-6-18(7-5-17)21(31,22(24,25)26)23(27,28)29/h3-9,31H,2,10-14H2,1H3. The second-order valence-electron chi connectivity index (χ2n) is 9.31. The summed E-state index contributed by atoms with van der Waals surface area (Å²) in [5.41, 5.74) is -3.42.